The third-order valence-electron chi connectivity index (χ3n) is 3.62. The molecule has 0 aliphatic carbocycles. The second-order valence-corrected chi connectivity index (χ2v) is 7.46. The molecule has 2 amide bonds. The van der Waals surface area contributed by atoms with Gasteiger partial charge in [0.25, 0.3) is 0 Å². The van der Waals surface area contributed by atoms with Gasteiger partial charge in [0.2, 0.25) is 5.91 Å². The van der Waals surface area contributed by atoms with Crippen LogP contribution in [0.1, 0.15) is 12.0 Å². The predicted octanol–water partition coefficient (Wildman–Crippen LogP) is 4.98. The monoisotopic (exact) mass is 426 g/mol. The number of alkyl carbamates (subject to hydrolysis) is 1. The third kappa shape index (κ3) is 7.33. The van der Waals surface area contributed by atoms with Crippen LogP contribution in [0.15, 0.2) is 48.5 Å². The molecular formula is C19H20Cl2N2O3S. The Morgan fingerprint density at radius 3 is 2.52 bits per heavy atom. The molecule has 2 aromatic rings. The Hall–Kier alpha value is -1.89. The van der Waals surface area contributed by atoms with Crippen molar-refractivity contribution in [1.82, 2.24) is 5.32 Å². The molecule has 0 saturated carbocycles. The van der Waals surface area contributed by atoms with Crippen LogP contribution in [0.3, 0.4) is 0 Å². The molecule has 2 N–H and O–H groups in total. The minimum atomic E-state index is -0.727. The number of thioether (sulfide) groups is 1. The van der Waals surface area contributed by atoms with E-state index in [1.807, 2.05) is 36.6 Å². The Labute approximate surface area is 172 Å². The number of ether oxygens (including phenoxy) is 1. The van der Waals surface area contributed by atoms with Gasteiger partial charge >= 0.3 is 6.09 Å². The number of anilines is 1. The SMILES string of the molecule is CSCC[C@H](NC(=O)OCc1ccccc1)C(=O)Nc1ccc(Cl)c(Cl)c1. The fourth-order valence-corrected chi connectivity index (χ4v) is 2.98. The molecule has 0 spiro atoms. The zero-order valence-electron chi connectivity index (χ0n) is 14.7. The summed E-state index contributed by atoms with van der Waals surface area (Å²) in [6.07, 6.45) is 1.76. The molecule has 2 aromatic carbocycles. The second-order valence-electron chi connectivity index (χ2n) is 5.66. The van der Waals surface area contributed by atoms with Crippen LogP contribution < -0.4 is 10.6 Å². The number of rotatable bonds is 8. The van der Waals surface area contributed by atoms with Gasteiger partial charge in [0.05, 0.1) is 10.0 Å². The topological polar surface area (TPSA) is 67.4 Å². The number of hydrogen-bond acceptors (Lipinski definition) is 4. The van der Waals surface area contributed by atoms with Crippen LogP contribution in [-0.2, 0) is 16.1 Å². The lowest BCUT2D eigenvalue weighted by Crippen LogP contribution is -2.44. The van der Waals surface area contributed by atoms with Gasteiger partial charge in [0.1, 0.15) is 12.6 Å². The lowest BCUT2D eigenvalue weighted by atomic mass is 10.2. The van der Waals surface area contributed by atoms with Gasteiger partial charge in [-0.3, -0.25) is 4.79 Å². The van der Waals surface area contributed by atoms with Crippen molar-refractivity contribution >= 4 is 52.7 Å². The highest BCUT2D eigenvalue weighted by molar-refractivity contribution is 7.98. The molecule has 0 aliphatic heterocycles. The summed E-state index contributed by atoms with van der Waals surface area (Å²) in [4.78, 5) is 24.6. The van der Waals surface area contributed by atoms with Crippen molar-refractivity contribution in [2.24, 2.45) is 0 Å². The van der Waals surface area contributed by atoms with Gasteiger partial charge in [-0.2, -0.15) is 11.8 Å². The summed E-state index contributed by atoms with van der Waals surface area (Å²) in [7, 11) is 0. The first-order chi connectivity index (χ1) is 13.0. The van der Waals surface area contributed by atoms with Crippen LogP contribution in [0.4, 0.5) is 10.5 Å². The van der Waals surface area contributed by atoms with E-state index >= 15 is 0 Å². The van der Waals surface area contributed by atoms with E-state index in [1.165, 1.54) is 0 Å². The standard InChI is InChI=1S/C19H20Cl2N2O3S/c1-27-10-9-17(18(24)22-14-7-8-15(20)16(21)11-14)23-19(25)26-12-13-5-3-2-4-6-13/h2-8,11,17H,9-10,12H2,1H3,(H,22,24)(H,23,25)/t17-/m0/s1. The normalized spacial score (nSPS) is 11.5. The highest BCUT2D eigenvalue weighted by atomic mass is 35.5. The highest BCUT2D eigenvalue weighted by Crippen LogP contribution is 2.25. The number of amides is 2. The summed E-state index contributed by atoms with van der Waals surface area (Å²) < 4.78 is 5.20. The van der Waals surface area contributed by atoms with E-state index in [0.29, 0.717) is 27.9 Å². The maximum atomic E-state index is 12.6. The molecule has 0 bridgehead atoms. The molecule has 0 radical (unpaired) electrons. The van der Waals surface area contributed by atoms with E-state index in [0.717, 1.165) is 5.56 Å². The first-order valence-corrected chi connectivity index (χ1v) is 10.4. The van der Waals surface area contributed by atoms with Crippen LogP contribution in [0.2, 0.25) is 10.0 Å². The van der Waals surface area contributed by atoms with E-state index < -0.39 is 12.1 Å². The van der Waals surface area contributed by atoms with Gasteiger partial charge in [0.15, 0.2) is 0 Å². The molecule has 0 unspecified atom stereocenters. The van der Waals surface area contributed by atoms with Crippen molar-refractivity contribution in [2.45, 2.75) is 19.1 Å². The van der Waals surface area contributed by atoms with E-state index in [4.69, 9.17) is 27.9 Å². The van der Waals surface area contributed by atoms with Crippen molar-refractivity contribution < 1.29 is 14.3 Å². The molecule has 0 heterocycles. The van der Waals surface area contributed by atoms with Crippen molar-refractivity contribution in [2.75, 3.05) is 17.3 Å². The average Bonchev–Trinajstić information content (AvgIpc) is 2.67. The smallest absolute Gasteiger partial charge is 0.408 e. The van der Waals surface area contributed by atoms with E-state index in [2.05, 4.69) is 10.6 Å². The highest BCUT2D eigenvalue weighted by Gasteiger charge is 2.21. The van der Waals surface area contributed by atoms with Gasteiger partial charge in [0, 0.05) is 5.69 Å². The third-order valence-corrected chi connectivity index (χ3v) is 5.00. The Balaban J connectivity index is 1.94. The number of hydrogen-bond donors (Lipinski definition) is 2. The van der Waals surface area contributed by atoms with Crippen molar-refractivity contribution in [3.63, 3.8) is 0 Å². The molecular weight excluding hydrogens is 407 g/mol. The molecule has 0 aliphatic rings. The van der Waals surface area contributed by atoms with Crippen LogP contribution >= 0.6 is 35.0 Å². The minimum Gasteiger partial charge on any atom is -0.445 e. The lowest BCUT2D eigenvalue weighted by Gasteiger charge is -2.18. The Morgan fingerprint density at radius 1 is 1.11 bits per heavy atom. The summed E-state index contributed by atoms with van der Waals surface area (Å²) in [6, 6.07) is 13.4. The van der Waals surface area contributed by atoms with Crippen molar-refractivity contribution in [1.29, 1.82) is 0 Å². The van der Waals surface area contributed by atoms with E-state index in [9.17, 15) is 9.59 Å². The lowest BCUT2D eigenvalue weighted by molar-refractivity contribution is -0.118. The van der Waals surface area contributed by atoms with Gasteiger partial charge < -0.3 is 15.4 Å². The Morgan fingerprint density at radius 2 is 1.85 bits per heavy atom. The first-order valence-electron chi connectivity index (χ1n) is 8.21. The molecule has 2 rings (SSSR count). The molecule has 1 atom stereocenters. The summed E-state index contributed by atoms with van der Waals surface area (Å²) in [6.45, 7) is 0.135. The largest absolute Gasteiger partial charge is 0.445 e. The van der Waals surface area contributed by atoms with Crippen LogP contribution in [0, 0.1) is 0 Å². The van der Waals surface area contributed by atoms with Crippen molar-refractivity contribution in [3.05, 3.63) is 64.1 Å². The zero-order chi connectivity index (χ0) is 19.6. The van der Waals surface area contributed by atoms with Crippen LogP contribution in [0.25, 0.3) is 0 Å². The Bertz CT molecular complexity index is 775. The maximum Gasteiger partial charge on any atom is 0.408 e. The quantitative estimate of drug-likeness (QED) is 0.624. The summed E-state index contributed by atoms with van der Waals surface area (Å²) in [5, 5.41) is 6.10. The number of benzene rings is 2. The molecule has 8 heteroatoms. The van der Waals surface area contributed by atoms with E-state index in [-0.39, 0.29) is 12.5 Å². The van der Waals surface area contributed by atoms with Crippen LogP contribution in [0.5, 0.6) is 0 Å². The molecule has 0 fully saturated rings. The van der Waals surface area contributed by atoms with Gasteiger partial charge in [-0.1, -0.05) is 53.5 Å². The van der Waals surface area contributed by atoms with Crippen LogP contribution in [-0.4, -0.2) is 30.1 Å². The second kappa shape index (κ2) is 11.1. The molecule has 27 heavy (non-hydrogen) atoms. The fourth-order valence-electron chi connectivity index (χ4n) is 2.21. The summed E-state index contributed by atoms with van der Waals surface area (Å²) >= 11 is 13.4. The predicted molar refractivity (Wildman–Crippen MR) is 112 cm³/mol. The summed E-state index contributed by atoms with van der Waals surface area (Å²) in [5.41, 5.74) is 1.37. The number of nitrogens with one attached hydrogen (secondary N) is 2. The minimum absolute atomic E-state index is 0.135. The average molecular weight is 427 g/mol. The van der Waals surface area contributed by atoms with Crippen molar-refractivity contribution in [3.8, 4) is 0 Å². The first kappa shape index (κ1) is 21.4. The number of carbonyl (C=O) groups is 2. The van der Waals surface area contributed by atoms with Gasteiger partial charge in [-0.15, -0.1) is 0 Å². The maximum absolute atomic E-state index is 12.6. The molecule has 144 valence electrons. The van der Waals surface area contributed by atoms with E-state index in [1.54, 1.807) is 30.0 Å². The molecule has 5 nitrogen and oxygen atoms in total. The molecule has 0 saturated heterocycles. The number of halogens is 2. The molecule has 0 aromatic heterocycles. The summed E-state index contributed by atoms with van der Waals surface area (Å²) in [5.74, 6) is 0.359. The fraction of sp³-hybridized carbons (Fsp3) is 0.263. The number of carbonyl (C=O) groups excluding carboxylic acids is 2. The van der Waals surface area contributed by atoms with Gasteiger partial charge in [-0.25, -0.2) is 4.79 Å². The Kier molecular flexibility index (Phi) is 8.78. The zero-order valence-corrected chi connectivity index (χ0v) is 17.0. The van der Waals surface area contributed by atoms with Gasteiger partial charge in [-0.05, 0) is 42.2 Å².